The maximum Gasteiger partial charge on any atom is 0.160 e. The summed E-state index contributed by atoms with van der Waals surface area (Å²) in [6.45, 7) is 0. The van der Waals surface area contributed by atoms with Gasteiger partial charge in [-0.2, -0.15) is 5.10 Å². The number of nitrogens with zero attached hydrogens (tertiary/aromatic N) is 2. The number of rotatable bonds is 3. The van der Waals surface area contributed by atoms with Crippen LogP contribution in [0.1, 0.15) is 0 Å². The SMILES string of the molecule is N/N=C/N=C(N)SCCBr. The van der Waals surface area contributed by atoms with E-state index in [1.165, 1.54) is 18.1 Å². The van der Waals surface area contributed by atoms with Gasteiger partial charge in [0.2, 0.25) is 0 Å². The summed E-state index contributed by atoms with van der Waals surface area (Å²) in [5.41, 5.74) is 5.39. The van der Waals surface area contributed by atoms with Crippen molar-refractivity contribution in [1.29, 1.82) is 0 Å². The van der Waals surface area contributed by atoms with Crippen LogP contribution in [0.4, 0.5) is 0 Å². The second-order valence-electron chi connectivity index (χ2n) is 1.27. The van der Waals surface area contributed by atoms with Gasteiger partial charge in [0.1, 0.15) is 6.34 Å². The number of nitrogens with two attached hydrogens (primary N) is 2. The molecule has 10 heavy (non-hydrogen) atoms. The van der Waals surface area contributed by atoms with Crippen molar-refractivity contribution in [2.45, 2.75) is 0 Å². The number of hydrogen-bond acceptors (Lipinski definition) is 3. The standard InChI is InChI=1S/C4H9BrN4S/c5-1-2-10-4(6)8-3-9-7/h3H,1-2,7H2,(H2,6,8,9). The van der Waals surface area contributed by atoms with Crippen LogP contribution in [0, 0.1) is 0 Å². The van der Waals surface area contributed by atoms with Crippen molar-refractivity contribution in [2.75, 3.05) is 11.1 Å². The topological polar surface area (TPSA) is 76.8 Å². The van der Waals surface area contributed by atoms with Crippen molar-refractivity contribution in [3.8, 4) is 0 Å². The largest absolute Gasteiger partial charge is 0.378 e. The van der Waals surface area contributed by atoms with Crippen LogP contribution in [0.5, 0.6) is 0 Å². The summed E-state index contributed by atoms with van der Waals surface area (Å²) in [6.07, 6.45) is 1.22. The Hall–Kier alpha value is -0.230. The predicted octanol–water partition coefficient (Wildman–Crippen LogP) is 0.331. The maximum absolute atomic E-state index is 5.39. The molecular formula is C4H9BrN4S. The lowest BCUT2D eigenvalue weighted by Crippen LogP contribution is -2.07. The number of alkyl halides is 1. The van der Waals surface area contributed by atoms with E-state index in [2.05, 4.69) is 26.0 Å². The van der Waals surface area contributed by atoms with E-state index in [-0.39, 0.29) is 0 Å². The molecule has 0 saturated carbocycles. The molecular weight excluding hydrogens is 216 g/mol. The first-order chi connectivity index (χ1) is 4.81. The van der Waals surface area contributed by atoms with Crippen LogP contribution in [-0.4, -0.2) is 22.6 Å². The Morgan fingerprint density at radius 1 is 1.70 bits per heavy atom. The lowest BCUT2D eigenvalue weighted by molar-refractivity contribution is 1.25. The van der Waals surface area contributed by atoms with Crippen LogP contribution >= 0.6 is 27.7 Å². The van der Waals surface area contributed by atoms with Crippen molar-refractivity contribution >= 4 is 39.2 Å². The Kier molecular flexibility index (Phi) is 6.73. The van der Waals surface area contributed by atoms with Crippen LogP contribution in [-0.2, 0) is 0 Å². The van der Waals surface area contributed by atoms with Gasteiger partial charge in [-0.3, -0.25) is 0 Å². The fraction of sp³-hybridized carbons (Fsp3) is 0.500. The average molecular weight is 225 g/mol. The van der Waals surface area contributed by atoms with Crippen molar-refractivity contribution in [2.24, 2.45) is 21.7 Å². The number of hydrogen-bond donors (Lipinski definition) is 2. The van der Waals surface area contributed by atoms with E-state index >= 15 is 0 Å². The van der Waals surface area contributed by atoms with E-state index in [9.17, 15) is 0 Å². The molecule has 0 aromatic carbocycles. The molecule has 0 aromatic heterocycles. The van der Waals surface area contributed by atoms with Crippen LogP contribution in [0.25, 0.3) is 0 Å². The summed E-state index contributed by atoms with van der Waals surface area (Å²) in [4.78, 5) is 3.70. The normalized spacial score (nSPS) is 12.7. The quantitative estimate of drug-likeness (QED) is 0.239. The van der Waals surface area contributed by atoms with Gasteiger partial charge < -0.3 is 11.6 Å². The van der Waals surface area contributed by atoms with E-state index in [4.69, 9.17) is 11.6 Å². The predicted molar refractivity (Wildman–Crippen MR) is 50.6 cm³/mol. The molecule has 0 unspecified atom stereocenters. The first-order valence-electron chi connectivity index (χ1n) is 2.55. The summed E-state index contributed by atoms with van der Waals surface area (Å²) in [5.74, 6) is 5.69. The van der Waals surface area contributed by atoms with Crippen molar-refractivity contribution in [3.05, 3.63) is 0 Å². The monoisotopic (exact) mass is 224 g/mol. The Balaban J connectivity index is 3.49. The molecule has 0 aliphatic heterocycles. The van der Waals surface area contributed by atoms with Gasteiger partial charge >= 0.3 is 0 Å². The molecule has 0 spiro atoms. The Bertz CT molecular complexity index is 135. The second-order valence-corrected chi connectivity index (χ2v) is 3.18. The van der Waals surface area contributed by atoms with Crippen LogP contribution in [0.3, 0.4) is 0 Å². The fourth-order valence-corrected chi connectivity index (χ4v) is 1.16. The van der Waals surface area contributed by atoms with Gasteiger partial charge in [0.25, 0.3) is 0 Å². The van der Waals surface area contributed by atoms with Gasteiger partial charge in [-0.15, -0.1) is 0 Å². The van der Waals surface area contributed by atoms with Gasteiger partial charge in [0.15, 0.2) is 5.17 Å². The zero-order chi connectivity index (χ0) is 7.82. The summed E-state index contributed by atoms with van der Waals surface area (Å²) >= 11 is 4.71. The average Bonchev–Trinajstić information content (AvgIpc) is 1.97. The number of thioether (sulfide) groups is 1. The molecule has 0 aromatic rings. The molecule has 0 aliphatic carbocycles. The molecule has 6 heteroatoms. The summed E-state index contributed by atoms with van der Waals surface area (Å²) in [6, 6.07) is 0. The molecule has 0 aliphatic rings. The van der Waals surface area contributed by atoms with E-state index in [1.54, 1.807) is 0 Å². The molecule has 4 N–H and O–H groups in total. The minimum absolute atomic E-state index is 0.480. The Morgan fingerprint density at radius 2 is 2.40 bits per heavy atom. The lowest BCUT2D eigenvalue weighted by Gasteiger charge is -1.92. The molecule has 0 bridgehead atoms. The van der Waals surface area contributed by atoms with Crippen LogP contribution in [0.2, 0.25) is 0 Å². The zero-order valence-corrected chi connectivity index (χ0v) is 7.73. The van der Waals surface area contributed by atoms with E-state index in [1.807, 2.05) is 0 Å². The first kappa shape index (κ1) is 9.77. The Labute approximate surface area is 72.3 Å². The highest BCUT2D eigenvalue weighted by Crippen LogP contribution is 1.99. The van der Waals surface area contributed by atoms with Crippen molar-refractivity contribution in [3.63, 3.8) is 0 Å². The third-order valence-corrected chi connectivity index (χ3v) is 2.31. The first-order valence-corrected chi connectivity index (χ1v) is 4.65. The number of amidine groups is 1. The minimum Gasteiger partial charge on any atom is -0.378 e. The molecule has 58 valence electrons. The number of halogens is 1. The van der Waals surface area contributed by atoms with E-state index in [0.717, 1.165) is 11.1 Å². The number of hydrazone groups is 1. The number of aliphatic imine (C=N–C) groups is 1. The van der Waals surface area contributed by atoms with Crippen molar-refractivity contribution < 1.29 is 0 Å². The molecule has 0 amide bonds. The second kappa shape index (κ2) is 6.88. The smallest absolute Gasteiger partial charge is 0.160 e. The van der Waals surface area contributed by atoms with E-state index < -0.39 is 0 Å². The van der Waals surface area contributed by atoms with Gasteiger partial charge in [-0.25, -0.2) is 4.99 Å². The highest BCUT2D eigenvalue weighted by atomic mass is 79.9. The molecule has 0 radical (unpaired) electrons. The molecule has 0 fully saturated rings. The fourth-order valence-electron chi connectivity index (χ4n) is 0.271. The highest BCUT2D eigenvalue weighted by molar-refractivity contribution is 9.09. The molecule has 0 saturated heterocycles. The van der Waals surface area contributed by atoms with Crippen LogP contribution in [0.15, 0.2) is 10.1 Å². The molecule has 0 heterocycles. The molecule has 0 atom stereocenters. The Morgan fingerprint density at radius 3 is 2.90 bits per heavy atom. The van der Waals surface area contributed by atoms with Crippen LogP contribution < -0.4 is 11.6 Å². The summed E-state index contributed by atoms with van der Waals surface area (Å²) in [7, 11) is 0. The van der Waals surface area contributed by atoms with Gasteiger partial charge in [0.05, 0.1) is 0 Å². The highest BCUT2D eigenvalue weighted by Gasteiger charge is 1.89. The third-order valence-electron chi connectivity index (χ3n) is 0.579. The zero-order valence-electron chi connectivity index (χ0n) is 5.33. The minimum atomic E-state index is 0.480. The third kappa shape index (κ3) is 5.90. The molecule has 0 rings (SSSR count). The molecule has 4 nitrogen and oxygen atoms in total. The van der Waals surface area contributed by atoms with Gasteiger partial charge in [-0.05, 0) is 0 Å². The lowest BCUT2D eigenvalue weighted by atomic mass is 11.0. The van der Waals surface area contributed by atoms with E-state index in [0.29, 0.717) is 5.17 Å². The van der Waals surface area contributed by atoms with Gasteiger partial charge in [-0.1, -0.05) is 27.7 Å². The summed E-state index contributed by atoms with van der Waals surface area (Å²) < 4.78 is 0. The van der Waals surface area contributed by atoms with Gasteiger partial charge in [0, 0.05) is 11.1 Å². The maximum atomic E-state index is 5.39. The van der Waals surface area contributed by atoms with Crippen molar-refractivity contribution in [1.82, 2.24) is 0 Å². The summed E-state index contributed by atoms with van der Waals surface area (Å²) in [5, 5.41) is 4.54.